The number of piperidine rings is 1. The summed E-state index contributed by atoms with van der Waals surface area (Å²) in [5.41, 5.74) is 2.35. The normalized spacial score (nSPS) is 16.2. The number of amides is 1. The minimum atomic E-state index is -3.75. The number of carbonyl (C=O) groups is 2. The van der Waals surface area contributed by atoms with Crippen LogP contribution in [0.15, 0.2) is 89.8 Å². The molecule has 4 aromatic carbocycles. The third-order valence-electron chi connectivity index (χ3n) is 7.62. The molecular weight excluding hydrogens is 550 g/mol. The Hall–Kier alpha value is -4.21. The van der Waals surface area contributed by atoms with Gasteiger partial charge in [0.1, 0.15) is 0 Å². The highest BCUT2D eigenvalue weighted by molar-refractivity contribution is 7.89. The van der Waals surface area contributed by atoms with Gasteiger partial charge in [-0.3, -0.25) is 4.79 Å². The van der Waals surface area contributed by atoms with Crippen molar-refractivity contribution in [3.8, 4) is 0 Å². The number of carboxylic acid groups (broad SMARTS) is 1. The predicted molar refractivity (Wildman–Crippen MR) is 166 cm³/mol. The van der Waals surface area contributed by atoms with Crippen LogP contribution in [0.1, 0.15) is 59.9 Å². The SMILES string of the molecule is CC(C)(C)c1ccc(C(=O)Nc2ccc(C(=O)O)c(NC3CCCN(S(=O)(=O)c4ccc5ccccc5c4)C3)c2)cc1. The van der Waals surface area contributed by atoms with E-state index in [4.69, 9.17) is 0 Å². The summed E-state index contributed by atoms with van der Waals surface area (Å²) in [5.74, 6) is -1.43. The monoisotopic (exact) mass is 585 g/mol. The van der Waals surface area contributed by atoms with Crippen LogP contribution < -0.4 is 10.6 Å². The van der Waals surface area contributed by atoms with Crippen LogP contribution in [0.2, 0.25) is 0 Å². The first-order valence-corrected chi connectivity index (χ1v) is 15.4. The molecule has 1 aliphatic heterocycles. The van der Waals surface area contributed by atoms with Crippen molar-refractivity contribution in [2.75, 3.05) is 23.7 Å². The van der Waals surface area contributed by atoms with Gasteiger partial charge < -0.3 is 15.7 Å². The molecule has 0 aromatic heterocycles. The Morgan fingerprint density at radius 3 is 2.31 bits per heavy atom. The number of nitrogens with zero attached hydrogens (tertiary/aromatic N) is 1. The zero-order valence-corrected chi connectivity index (χ0v) is 24.7. The van der Waals surface area contributed by atoms with E-state index in [0.29, 0.717) is 36.3 Å². The highest BCUT2D eigenvalue weighted by Gasteiger charge is 2.31. The van der Waals surface area contributed by atoms with Crippen LogP contribution in [0.4, 0.5) is 11.4 Å². The molecule has 3 N–H and O–H groups in total. The Morgan fingerprint density at radius 1 is 0.905 bits per heavy atom. The molecule has 0 bridgehead atoms. The largest absolute Gasteiger partial charge is 0.478 e. The second-order valence-corrected chi connectivity index (χ2v) is 13.6. The van der Waals surface area contributed by atoms with E-state index >= 15 is 0 Å². The number of anilines is 2. The topological polar surface area (TPSA) is 116 Å². The molecule has 8 nitrogen and oxygen atoms in total. The fourth-order valence-corrected chi connectivity index (χ4v) is 6.79. The van der Waals surface area contributed by atoms with E-state index < -0.39 is 16.0 Å². The van der Waals surface area contributed by atoms with Crippen LogP contribution in [0.25, 0.3) is 10.8 Å². The van der Waals surface area contributed by atoms with Gasteiger partial charge in [0.2, 0.25) is 10.0 Å². The minimum absolute atomic E-state index is 0.0360. The molecule has 9 heteroatoms. The molecule has 1 fully saturated rings. The molecule has 0 saturated carbocycles. The number of hydrogen-bond donors (Lipinski definition) is 3. The number of aromatic carboxylic acids is 1. The Labute approximate surface area is 246 Å². The summed E-state index contributed by atoms with van der Waals surface area (Å²) < 4.78 is 28.5. The maximum atomic E-state index is 13.5. The Morgan fingerprint density at radius 2 is 1.62 bits per heavy atom. The van der Waals surface area contributed by atoms with Gasteiger partial charge in [-0.15, -0.1) is 0 Å². The van der Waals surface area contributed by atoms with Gasteiger partial charge in [0.25, 0.3) is 5.91 Å². The smallest absolute Gasteiger partial charge is 0.337 e. The van der Waals surface area contributed by atoms with Crippen LogP contribution in [0, 0.1) is 0 Å². The van der Waals surface area contributed by atoms with Crippen molar-refractivity contribution in [2.24, 2.45) is 0 Å². The summed E-state index contributed by atoms with van der Waals surface area (Å²) in [7, 11) is -3.75. The van der Waals surface area contributed by atoms with E-state index in [9.17, 15) is 23.1 Å². The van der Waals surface area contributed by atoms with Gasteiger partial charge in [-0.1, -0.05) is 63.2 Å². The van der Waals surface area contributed by atoms with Crippen LogP contribution in [0.5, 0.6) is 0 Å². The standard InChI is InChI=1S/C33H35N3O5S/c1-33(2,3)25-13-10-23(11-14-25)31(37)35-26-15-17-29(32(38)39)30(20-26)34-27-9-6-18-36(21-27)42(40,41)28-16-12-22-7-4-5-8-24(22)19-28/h4-5,7-8,10-17,19-20,27,34H,6,9,18,21H2,1-3H3,(H,35,37)(H,38,39). The number of rotatable bonds is 7. The van der Waals surface area contributed by atoms with E-state index in [1.807, 2.05) is 36.4 Å². The highest BCUT2D eigenvalue weighted by Crippen LogP contribution is 2.28. The van der Waals surface area contributed by atoms with Crippen molar-refractivity contribution in [2.45, 2.75) is 50.0 Å². The zero-order chi connectivity index (χ0) is 30.1. The third-order valence-corrected chi connectivity index (χ3v) is 9.48. The molecule has 1 amide bonds. The fraction of sp³-hybridized carbons (Fsp3) is 0.273. The third kappa shape index (κ3) is 6.32. The van der Waals surface area contributed by atoms with E-state index in [1.165, 1.54) is 10.4 Å². The zero-order valence-electron chi connectivity index (χ0n) is 23.9. The molecule has 1 saturated heterocycles. The van der Waals surface area contributed by atoms with E-state index in [-0.39, 0.29) is 34.4 Å². The predicted octanol–water partition coefficient (Wildman–Crippen LogP) is 6.35. The minimum Gasteiger partial charge on any atom is -0.478 e. The average molecular weight is 586 g/mol. The average Bonchev–Trinajstić information content (AvgIpc) is 2.96. The summed E-state index contributed by atoms with van der Waals surface area (Å²) in [6, 6.07) is 24.4. The molecule has 1 unspecified atom stereocenters. The summed E-state index contributed by atoms with van der Waals surface area (Å²) in [5, 5.41) is 17.7. The Bertz CT molecular complexity index is 1740. The first kappa shape index (κ1) is 29.3. The highest BCUT2D eigenvalue weighted by atomic mass is 32.2. The maximum absolute atomic E-state index is 13.5. The second kappa shape index (κ2) is 11.6. The van der Waals surface area contributed by atoms with Gasteiger partial charge in [0, 0.05) is 30.4 Å². The lowest BCUT2D eigenvalue weighted by Gasteiger charge is -2.33. The molecule has 0 aliphatic carbocycles. The molecule has 1 atom stereocenters. The van der Waals surface area contributed by atoms with Crippen LogP contribution in [-0.2, 0) is 15.4 Å². The first-order chi connectivity index (χ1) is 19.9. The summed E-state index contributed by atoms with van der Waals surface area (Å²) in [6.07, 6.45) is 1.29. The van der Waals surface area contributed by atoms with E-state index in [2.05, 4.69) is 31.4 Å². The summed E-state index contributed by atoms with van der Waals surface area (Å²) in [4.78, 5) is 25.2. The van der Waals surface area contributed by atoms with Gasteiger partial charge in [0.15, 0.2) is 0 Å². The number of carboxylic acids is 1. The number of sulfonamides is 1. The van der Waals surface area contributed by atoms with Gasteiger partial charge in [-0.05, 0) is 77.1 Å². The lowest BCUT2D eigenvalue weighted by Crippen LogP contribution is -2.45. The molecule has 42 heavy (non-hydrogen) atoms. The molecule has 4 aromatic rings. The summed E-state index contributed by atoms with van der Waals surface area (Å²) in [6.45, 7) is 6.87. The number of fused-ring (bicyclic) bond motifs is 1. The Kier molecular flexibility index (Phi) is 8.08. The lowest BCUT2D eigenvalue weighted by atomic mass is 9.87. The number of carbonyl (C=O) groups excluding carboxylic acids is 1. The molecule has 5 rings (SSSR count). The van der Waals surface area contributed by atoms with Crippen LogP contribution in [-0.4, -0.2) is 48.8 Å². The van der Waals surface area contributed by atoms with Crippen molar-refractivity contribution in [3.05, 3.63) is 102 Å². The molecule has 1 heterocycles. The second-order valence-electron chi connectivity index (χ2n) is 11.7. The van der Waals surface area contributed by atoms with E-state index in [1.54, 1.807) is 42.5 Å². The molecule has 0 spiro atoms. The van der Waals surface area contributed by atoms with Crippen molar-refractivity contribution < 1.29 is 23.1 Å². The first-order valence-electron chi connectivity index (χ1n) is 14.0. The number of benzene rings is 4. The Balaban J connectivity index is 1.33. The van der Waals surface area contributed by atoms with E-state index in [0.717, 1.165) is 16.3 Å². The van der Waals surface area contributed by atoms with Crippen molar-refractivity contribution >= 4 is 44.0 Å². The van der Waals surface area contributed by atoms with Gasteiger partial charge >= 0.3 is 5.97 Å². The molecule has 1 aliphatic rings. The van der Waals surface area contributed by atoms with Crippen LogP contribution >= 0.6 is 0 Å². The maximum Gasteiger partial charge on any atom is 0.337 e. The van der Waals surface area contributed by atoms with Gasteiger partial charge in [-0.2, -0.15) is 4.31 Å². The quantitative estimate of drug-likeness (QED) is 0.233. The number of nitrogens with one attached hydrogen (secondary N) is 2. The number of hydrogen-bond acceptors (Lipinski definition) is 5. The molecule has 0 radical (unpaired) electrons. The van der Waals surface area contributed by atoms with Gasteiger partial charge in [-0.25, -0.2) is 13.2 Å². The van der Waals surface area contributed by atoms with Crippen molar-refractivity contribution in [1.82, 2.24) is 4.31 Å². The lowest BCUT2D eigenvalue weighted by molar-refractivity contribution is 0.0697. The molecule has 218 valence electrons. The fourth-order valence-electron chi connectivity index (χ4n) is 5.23. The van der Waals surface area contributed by atoms with Crippen molar-refractivity contribution in [1.29, 1.82) is 0 Å². The van der Waals surface area contributed by atoms with Gasteiger partial charge in [0.05, 0.1) is 16.1 Å². The van der Waals surface area contributed by atoms with Crippen LogP contribution in [0.3, 0.4) is 0 Å². The van der Waals surface area contributed by atoms with Crippen molar-refractivity contribution in [3.63, 3.8) is 0 Å². The summed E-state index contributed by atoms with van der Waals surface area (Å²) >= 11 is 0. The molecular formula is C33H35N3O5S.